The fourth-order valence-corrected chi connectivity index (χ4v) is 6.91. The lowest BCUT2D eigenvalue weighted by Crippen LogP contribution is -2.46. The summed E-state index contributed by atoms with van der Waals surface area (Å²) in [5, 5.41) is 25.3. The van der Waals surface area contributed by atoms with Gasteiger partial charge < -0.3 is 25.3 Å². The van der Waals surface area contributed by atoms with Crippen LogP contribution in [0.1, 0.15) is 60.7 Å². The van der Waals surface area contributed by atoms with Crippen LogP contribution in [0.3, 0.4) is 0 Å². The molecule has 0 radical (unpaired) electrons. The molecule has 0 spiro atoms. The van der Waals surface area contributed by atoms with Crippen LogP contribution in [0.5, 0.6) is 17.2 Å². The Morgan fingerprint density at radius 3 is 2.82 bits per heavy atom. The summed E-state index contributed by atoms with van der Waals surface area (Å²) in [4.78, 5) is 6.34. The van der Waals surface area contributed by atoms with Gasteiger partial charge in [0.1, 0.15) is 5.75 Å². The van der Waals surface area contributed by atoms with Gasteiger partial charge in [-0.3, -0.25) is 4.90 Å². The number of ether oxygens (including phenoxy) is 1. The first-order valence-electron chi connectivity index (χ1n) is 12.8. The standard InChI is InChI=1S/C28H35N3O3/c1-3-16-15-31-9-7-17-12-26(33)27(34-2)14-21(17)25(31)11-18(16)10-24-28-20(6-8-29-24)22-13-19(32)4-5-23(22)30-28/h4-5,12-14,16,18,24-25,29-30,32-33H,3,6-11,15H2,1-2H3/t16-,18-,24-,25-/m0/s1. The third-order valence-corrected chi connectivity index (χ3v) is 8.67. The minimum atomic E-state index is 0.247. The van der Waals surface area contributed by atoms with Gasteiger partial charge in [0.15, 0.2) is 11.5 Å². The number of H-pyrrole nitrogens is 1. The van der Waals surface area contributed by atoms with Gasteiger partial charge in [-0.1, -0.05) is 13.3 Å². The smallest absolute Gasteiger partial charge is 0.160 e. The highest BCUT2D eigenvalue weighted by atomic mass is 16.5. The maximum Gasteiger partial charge on any atom is 0.160 e. The van der Waals surface area contributed by atoms with Crippen LogP contribution in [0.15, 0.2) is 30.3 Å². The summed E-state index contributed by atoms with van der Waals surface area (Å²) in [5.74, 6) is 2.45. The van der Waals surface area contributed by atoms with E-state index in [1.54, 1.807) is 13.2 Å². The molecule has 0 bridgehead atoms. The Kier molecular flexibility index (Phi) is 5.46. The van der Waals surface area contributed by atoms with E-state index in [0.29, 0.717) is 35.4 Å². The Bertz CT molecular complexity index is 1220. The molecule has 0 saturated carbocycles. The molecule has 2 aromatic carbocycles. The van der Waals surface area contributed by atoms with E-state index in [4.69, 9.17) is 4.74 Å². The van der Waals surface area contributed by atoms with Crippen LogP contribution >= 0.6 is 0 Å². The van der Waals surface area contributed by atoms with Gasteiger partial charge in [0.25, 0.3) is 0 Å². The highest BCUT2D eigenvalue weighted by Crippen LogP contribution is 2.47. The van der Waals surface area contributed by atoms with Crippen LogP contribution in [-0.4, -0.2) is 46.8 Å². The maximum atomic E-state index is 10.3. The molecular formula is C28H35N3O3. The lowest BCUT2D eigenvalue weighted by atomic mass is 9.73. The number of aromatic nitrogens is 1. The van der Waals surface area contributed by atoms with Crippen LogP contribution in [0.25, 0.3) is 10.9 Å². The van der Waals surface area contributed by atoms with Gasteiger partial charge in [-0.15, -0.1) is 0 Å². The SMILES string of the molecule is CC[C@H]1CN2CCc3cc(O)c(OC)cc3[C@@H]2C[C@@H]1C[C@@H]1NCCc2c1[nH]c1ccc(O)cc21. The molecule has 4 heterocycles. The van der Waals surface area contributed by atoms with Crippen LogP contribution in [0, 0.1) is 11.8 Å². The van der Waals surface area contributed by atoms with Crippen molar-refractivity contribution in [3.63, 3.8) is 0 Å². The normalized spacial score (nSPS) is 26.6. The number of piperidine rings is 1. The molecule has 1 saturated heterocycles. The van der Waals surface area contributed by atoms with E-state index in [1.807, 2.05) is 18.2 Å². The number of hydrogen-bond acceptors (Lipinski definition) is 5. The Balaban J connectivity index is 1.30. The number of hydrogen-bond donors (Lipinski definition) is 4. The van der Waals surface area contributed by atoms with Crippen molar-refractivity contribution >= 4 is 10.9 Å². The summed E-state index contributed by atoms with van der Waals surface area (Å²) in [6.45, 7) is 5.50. The molecule has 6 rings (SSSR count). The fraction of sp³-hybridized carbons (Fsp3) is 0.500. The molecule has 4 atom stereocenters. The third kappa shape index (κ3) is 3.55. The van der Waals surface area contributed by atoms with Crippen molar-refractivity contribution in [2.75, 3.05) is 26.7 Å². The van der Waals surface area contributed by atoms with Crippen LogP contribution in [0.2, 0.25) is 0 Å². The number of nitrogens with zero attached hydrogens (tertiary/aromatic N) is 1. The van der Waals surface area contributed by atoms with E-state index in [0.717, 1.165) is 56.2 Å². The maximum absolute atomic E-state index is 10.3. The summed E-state index contributed by atoms with van der Waals surface area (Å²) >= 11 is 0. The molecule has 3 aliphatic rings. The average molecular weight is 462 g/mol. The summed E-state index contributed by atoms with van der Waals surface area (Å²) in [5.41, 5.74) is 6.38. The molecule has 6 nitrogen and oxygen atoms in total. The molecular weight excluding hydrogens is 426 g/mol. The van der Waals surface area contributed by atoms with E-state index in [-0.39, 0.29) is 5.75 Å². The summed E-state index contributed by atoms with van der Waals surface area (Å²) in [6, 6.07) is 10.3. The molecule has 1 fully saturated rings. The summed E-state index contributed by atoms with van der Waals surface area (Å²) < 4.78 is 5.46. The average Bonchev–Trinajstić information content (AvgIpc) is 3.22. The van der Waals surface area contributed by atoms with Crippen molar-refractivity contribution < 1.29 is 14.9 Å². The zero-order valence-corrected chi connectivity index (χ0v) is 20.1. The first kappa shape index (κ1) is 21.8. The fourth-order valence-electron chi connectivity index (χ4n) is 6.91. The number of aromatic amines is 1. The van der Waals surface area contributed by atoms with Crippen molar-refractivity contribution in [2.24, 2.45) is 11.8 Å². The molecule has 0 unspecified atom stereocenters. The minimum Gasteiger partial charge on any atom is -0.508 e. The first-order chi connectivity index (χ1) is 16.6. The molecule has 4 N–H and O–H groups in total. The number of benzene rings is 2. The van der Waals surface area contributed by atoms with Crippen molar-refractivity contribution in [1.82, 2.24) is 15.2 Å². The number of fused-ring (bicyclic) bond motifs is 6. The van der Waals surface area contributed by atoms with Crippen molar-refractivity contribution in [3.8, 4) is 17.2 Å². The molecule has 3 aromatic rings. The Morgan fingerprint density at radius 1 is 1.12 bits per heavy atom. The van der Waals surface area contributed by atoms with Crippen LogP contribution < -0.4 is 10.1 Å². The zero-order valence-electron chi connectivity index (χ0n) is 20.1. The molecule has 1 aromatic heterocycles. The van der Waals surface area contributed by atoms with E-state index >= 15 is 0 Å². The van der Waals surface area contributed by atoms with Gasteiger partial charge in [0, 0.05) is 41.8 Å². The van der Waals surface area contributed by atoms with Gasteiger partial charge in [-0.25, -0.2) is 0 Å². The number of phenols is 2. The second-order valence-corrected chi connectivity index (χ2v) is 10.4. The largest absolute Gasteiger partial charge is 0.508 e. The van der Waals surface area contributed by atoms with Crippen LogP contribution in [-0.2, 0) is 12.8 Å². The van der Waals surface area contributed by atoms with Crippen molar-refractivity contribution in [2.45, 2.75) is 51.1 Å². The van der Waals surface area contributed by atoms with Gasteiger partial charge in [-0.05, 0) is 91.1 Å². The number of aromatic hydroxyl groups is 2. The van der Waals surface area contributed by atoms with Gasteiger partial charge in [-0.2, -0.15) is 0 Å². The quantitative estimate of drug-likeness (QED) is 0.448. The number of methoxy groups -OCH3 is 1. The third-order valence-electron chi connectivity index (χ3n) is 8.67. The van der Waals surface area contributed by atoms with E-state index in [9.17, 15) is 10.2 Å². The van der Waals surface area contributed by atoms with Crippen LogP contribution in [0.4, 0.5) is 0 Å². The summed E-state index contributed by atoms with van der Waals surface area (Å²) in [7, 11) is 1.63. The van der Waals surface area contributed by atoms with Crippen molar-refractivity contribution in [3.05, 3.63) is 52.7 Å². The molecule has 3 aliphatic heterocycles. The lowest BCUT2D eigenvalue weighted by molar-refractivity contribution is 0.0433. The molecule has 0 aliphatic carbocycles. The Hall–Kier alpha value is -2.70. The second-order valence-electron chi connectivity index (χ2n) is 10.4. The number of phenolic OH excluding ortho intramolecular Hbond substituents is 2. The highest BCUT2D eigenvalue weighted by Gasteiger charge is 2.40. The van der Waals surface area contributed by atoms with E-state index < -0.39 is 0 Å². The van der Waals surface area contributed by atoms with Gasteiger partial charge >= 0.3 is 0 Å². The predicted octanol–water partition coefficient (Wildman–Crippen LogP) is 4.81. The monoisotopic (exact) mass is 461 g/mol. The minimum absolute atomic E-state index is 0.247. The predicted molar refractivity (Wildman–Crippen MR) is 134 cm³/mol. The molecule has 34 heavy (non-hydrogen) atoms. The second kappa shape index (κ2) is 8.51. The van der Waals surface area contributed by atoms with Gasteiger partial charge in [0.05, 0.1) is 7.11 Å². The van der Waals surface area contributed by atoms with E-state index in [2.05, 4.69) is 28.2 Å². The van der Waals surface area contributed by atoms with E-state index in [1.165, 1.54) is 28.8 Å². The Morgan fingerprint density at radius 2 is 2.00 bits per heavy atom. The number of rotatable bonds is 4. The highest BCUT2D eigenvalue weighted by molar-refractivity contribution is 5.86. The molecule has 180 valence electrons. The van der Waals surface area contributed by atoms with Gasteiger partial charge in [0.2, 0.25) is 0 Å². The number of nitrogens with one attached hydrogen (secondary N) is 2. The first-order valence-corrected chi connectivity index (χ1v) is 12.8. The Labute approximate surface area is 200 Å². The lowest BCUT2D eigenvalue weighted by Gasteiger charge is -2.48. The summed E-state index contributed by atoms with van der Waals surface area (Å²) in [6.07, 6.45) is 5.41. The topological polar surface area (TPSA) is 80.8 Å². The molecule has 0 amide bonds. The zero-order chi connectivity index (χ0) is 23.4. The molecule has 6 heteroatoms. The van der Waals surface area contributed by atoms with Crippen molar-refractivity contribution in [1.29, 1.82) is 0 Å².